The first kappa shape index (κ1) is 19.7. The molecule has 29 heavy (non-hydrogen) atoms. The van der Waals surface area contributed by atoms with E-state index in [-0.39, 0.29) is 11.3 Å². The van der Waals surface area contributed by atoms with Crippen LogP contribution in [0.3, 0.4) is 0 Å². The highest BCUT2D eigenvalue weighted by atomic mass is 16.5. The third kappa shape index (κ3) is 4.82. The highest BCUT2D eigenvalue weighted by Gasteiger charge is 2.13. The number of nitrogens with one attached hydrogen (secondary N) is 1. The lowest BCUT2D eigenvalue weighted by Crippen LogP contribution is -2.14. The van der Waals surface area contributed by atoms with Gasteiger partial charge in [-0.15, -0.1) is 0 Å². The van der Waals surface area contributed by atoms with Gasteiger partial charge in [0.15, 0.2) is 5.75 Å². The fourth-order valence-corrected chi connectivity index (χ4v) is 2.85. The summed E-state index contributed by atoms with van der Waals surface area (Å²) in [6.45, 7) is 3.53. The number of amides is 1. The number of hydrogen-bond acceptors (Lipinski definition) is 4. The smallest absolute Gasteiger partial charge is 0.266 e. The summed E-state index contributed by atoms with van der Waals surface area (Å²) in [6.07, 6.45) is 1.50. The number of ether oxygens (including phenoxy) is 1. The number of nitrogens with zero attached hydrogens (tertiary/aromatic N) is 1. The molecule has 2 N–H and O–H groups in total. The van der Waals surface area contributed by atoms with Gasteiger partial charge in [-0.3, -0.25) is 4.79 Å². The Labute approximate surface area is 169 Å². The second kappa shape index (κ2) is 8.77. The van der Waals surface area contributed by atoms with Crippen molar-refractivity contribution in [3.05, 3.63) is 89.0 Å². The zero-order chi connectivity index (χ0) is 20.8. The van der Waals surface area contributed by atoms with Gasteiger partial charge in [0.1, 0.15) is 23.1 Å². The van der Waals surface area contributed by atoms with Gasteiger partial charge in [-0.05, 0) is 73.0 Å². The molecule has 3 rings (SSSR count). The molecule has 0 saturated heterocycles. The molecule has 0 unspecified atom stereocenters. The predicted molar refractivity (Wildman–Crippen MR) is 113 cm³/mol. The summed E-state index contributed by atoms with van der Waals surface area (Å²) in [5, 5.41) is 22.1. The SMILES string of the molecule is Cc1cc(/C=C(\C#N)C(=O)Nc2ccccc2Oc2ccccc2)cc(C)c1O. The number of carbonyl (C=O) groups is 1. The molecule has 3 aromatic carbocycles. The number of benzene rings is 3. The fraction of sp³-hybridized carbons (Fsp3) is 0.0833. The fourth-order valence-electron chi connectivity index (χ4n) is 2.85. The van der Waals surface area contributed by atoms with E-state index in [0.29, 0.717) is 33.9 Å². The van der Waals surface area contributed by atoms with Crippen molar-refractivity contribution in [2.75, 3.05) is 5.32 Å². The van der Waals surface area contributed by atoms with Crippen LogP contribution in [0.5, 0.6) is 17.2 Å². The van der Waals surface area contributed by atoms with Gasteiger partial charge >= 0.3 is 0 Å². The van der Waals surface area contributed by atoms with Crippen molar-refractivity contribution >= 4 is 17.7 Å². The highest BCUT2D eigenvalue weighted by molar-refractivity contribution is 6.10. The van der Waals surface area contributed by atoms with E-state index >= 15 is 0 Å². The number of para-hydroxylation sites is 3. The van der Waals surface area contributed by atoms with Crippen LogP contribution in [0.4, 0.5) is 5.69 Å². The number of rotatable bonds is 5. The summed E-state index contributed by atoms with van der Waals surface area (Å²) in [5.74, 6) is 0.776. The van der Waals surface area contributed by atoms with E-state index in [1.807, 2.05) is 36.4 Å². The summed E-state index contributed by atoms with van der Waals surface area (Å²) in [4.78, 5) is 12.7. The summed E-state index contributed by atoms with van der Waals surface area (Å²) >= 11 is 0. The molecule has 144 valence electrons. The molecule has 0 aliphatic rings. The standard InChI is InChI=1S/C24H20N2O3/c1-16-12-18(13-17(2)23(16)27)14-19(15-25)24(28)26-21-10-6-7-11-22(21)29-20-8-4-3-5-9-20/h3-14,27H,1-2H3,(H,26,28)/b19-14+. The highest BCUT2D eigenvalue weighted by Crippen LogP contribution is 2.30. The maximum Gasteiger partial charge on any atom is 0.266 e. The van der Waals surface area contributed by atoms with E-state index in [2.05, 4.69) is 5.32 Å². The molecule has 0 aliphatic heterocycles. The van der Waals surface area contributed by atoms with Crippen molar-refractivity contribution in [3.8, 4) is 23.3 Å². The molecule has 1 amide bonds. The summed E-state index contributed by atoms with van der Waals surface area (Å²) in [6, 6.07) is 21.6. The van der Waals surface area contributed by atoms with Crippen molar-refractivity contribution in [2.24, 2.45) is 0 Å². The largest absolute Gasteiger partial charge is 0.507 e. The first-order valence-electron chi connectivity index (χ1n) is 9.03. The second-order valence-corrected chi connectivity index (χ2v) is 6.54. The Bertz CT molecular complexity index is 1090. The van der Waals surface area contributed by atoms with Crippen molar-refractivity contribution in [1.82, 2.24) is 0 Å². The lowest BCUT2D eigenvalue weighted by Gasteiger charge is -2.12. The Hall–Kier alpha value is -4.04. The topological polar surface area (TPSA) is 82.4 Å². The molecule has 5 nitrogen and oxygen atoms in total. The van der Waals surface area contributed by atoms with Crippen molar-refractivity contribution in [3.63, 3.8) is 0 Å². The Morgan fingerprint density at radius 3 is 2.31 bits per heavy atom. The Morgan fingerprint density at radius 1 is 1.03 bits per heavy atom. The van der Waals surface area contributed by atoms with E-state index in [1.54, 1.807) is 50.2 Å². The monoisotopic (exact) mass is 384 g/mol. The average molecular weight is 384 g/mol. The van der Waals surface area contributed by atoms with E-state index in [1.165, 1.54) is 6.08 Å². The molecule has 0 bridgehead atoms. The molecular formula is C24H20N2O3. The van der Waals surface area contributed by atoms with Gasteiger partial charge in [-0.2, -0.15) is 5.26 Å². The molecule has 3 aromatic rings. The van der Waals surface area contributed by atoms with Crippen molar-refractivity contribution in [1.29, 1.82) is 5.26 Å². The Kier molecular flexibility index (Phi) is 5.96. The minimum atomic E-state index is -0.542. The van der Waals surface area contributed by atoms with Gasteiger partial charge in [0, 0.05) is 0 Å². The number of anilines is 1. The van der Waals surface area contributed by atoms with E-state index in [0.717, 1.165) is 0 Å². The molecular weight excluding hydrogens is 364 g/mol. The number of aromatic hydroxyl groups is 1. The summed E-state index contributed by atoms with van der Waals surface area (Å²) in [5.41, 5.74) is 2.43. The third-order valence-electron chi connectivity index (χ3n) is 4.30. The number of phenolic OH excluding ortho intramolecular Hbond substituents is 1. The van der Waals surface area contributed by atoms with Crippen molar-refractivity contribution < 1.29 is 14.6 Å². The minimum Gasteiger partial charge on any atom is -0.507 e. The number of aryl methyl sites for hydroxylation is 2. The molecule has 0 saturated carbocycles. The minimum absolute atomic E-state index is 0.0518. The molecule has 0 radical (unpaired) electrons. The van der Waals surface area contributed by atoms with Gasteiger partial charge in [0.25, 0.3) is 5.91 Å². The van der Waals surface area contributed by atoms with Crippen LogP contribution in [0.15, 0.2) is 72.3 Å². The quantitative estimate of drug-likeness (QED) is 0.459. The van der Waals surface area contributed by atoms with Gasteiger partial charge in [-0.1, -0.05) is 30.3 Å². The van der Waals surface area contributed by atoms with Crippen molar-refractivity contribution in [2.45, 2.75) is 13.8 Å². The number of hydrogen-bond donors (Lipinski definition) is 2. The molecule has 0 aliphatic carbocycles. The average Bonchev–Trinajstić information content (AvgIpc) is 2.72. The van der Waals surface area contributed by atoms with Gasteiger partial charge in [0.05, 0.1) is 5.69 Å². The number of carbonyl (C=O) groups excluding carboxylic acids is 1. The van der Waals surface area contributed by atoms with E-state index in [9.17, 15) is 15.2 Å². The predicted octanol–water partition coefficient (Wildman–Crippen LogP) is 5.35. The van der Waals surface area contributed by atoms with Crippen LogP contribution >= 0.6 is 0 Å². The maximum absolute atomic E-state index is 12.7. The lowest BCUT2D eigenvalue weighted by atomic mass is 10.0. The number of phenols is 1. The van der Waals surface area contributed by atoms with Gasteiger partial charge in [-0.25, -0.2) is 0 Å². The second-order valence-electron chi connectivity index (χ2n) is 6.54. The van der Waals surface area contributed by atoms with E-state index < -0.39 is 5.91 Å². The Morgan fingerprint density at radius 2 is 1.66 bits per heavy atom. The van der Waals surface area contributed by atoms with Crippen LogP contribution < -0.4 is 10.1 Å². The Balaban J connectivity index is 1.85. The van der Waals surface area contributed by atoms with E-state index in [4.69, 9.17) is 4.74 Å². The maximum atomic E-state index is 12.7. The summed E-state index contributed by atoms with van der Waals surface area (Å²) in [7, 11) is 0. The number of nitriles is 1. The van der Waals surface area contributed by atoms with Crippen LogP contribution in [-0.2, 0) is 4.79 Å². The van der Waals surface area contributed by atoms with Crippen LogP contribution in [0.1, 0.15) is 16.7 Å². The normalized spacial score (nSPS) is 10.9. The third-order valence-corrected chi connectivity index (χ3v) is 4.30. The van der Waals surface area contributed by atoms with Gasteiger partial charge in [0.2, 0.25) is 0 Å². The van der Waals surface area contributed by atoms with Crippen LogP contribution in [0.25, 0.3) is 6.08 Å². The molecule has 0 heterocycles. The van der Waals surface area contributed by atoms with Crippen LogP contribution in [-0.4, -0.2) is 11.0 Å². The molecule has 0 atom stereocenters. The first-order valence-corrected chi connectivity index (χ1v) is 9.03. The molecule has 0 aromatic heterocycles. The zero-order valence-corrected chi connectivity index (χ0v) is 16.1. The van der Waals surface area contributed by atoms with Crippen LogP contribution in [0.2, 0.25) is 0 Å². The molecule has 5 heteroatoms. The molecule has 0 spiro atoms. The molecule has 0 fully saturated rings. The zero-order valence-electron chi connectivity index (χ0n) is 16.1. The first-order chi connectivity index (χ1) is 14.0. The lowest BCUT2D eigenvalue weighted by molar-refractivity contribution is -0.112. The van der Waals surface area contributed by atoms with Crippen LogP contribution in [0, 0.1) is 25.2 Å². The summed E-state index contributed by atoms with van der Waals surface area (Å²) < 4.78 is 5.84. The van der Waals surface area contributed by atoms with Gasteiger partial charge < -0.3 is 15.2 Å².